The Bertz CT molecular complexity index is 1550. The molecule has 0 aliphatic heterocycles. The van der Waals surface area contributed by atoms with Crippen LogP contribution in [0.4, 0.5) is 10.7 Å². The van der Waals surface area contributed by atoms with Crippen molar-refractivity contribution in [2.75, 3.05) is 19.0 Å². The standard InChI is InChI=1S/C29H30N4O8S/c1-4-40-29(36)25-21-7-5-6-8-24(21)42-28(25)31-26(34)27(35)32-30-15-18-9-12-23(39-3)19(14-18)16-41-20-10-11-22(33(37)38)17(2)13-20/h9-15H,4-8,16H2,1-3H3,(H,31,34)(H,32,35). The van der Waals surface area contributed by atoms with Crippen LogP contribution in [-0.4, -0.2) is 42.6 Å². The van der Waals surface area contributed by atoms with Crippen LogP contribution in [0.3, 0.4) is 0 Å². The van der Waals surface area contributed by atoms with Crippen molar-refractivity contribution < 1.29 is 33.5 Å². The summed E-state index contributed by atoms with van der Waals surface area (Å²) in [7, 11) is 1.51. The number of benzene rings is 2. The second kappa shape index (κ2) is 13.7. The molecule has 0 atom stereocenters. The number of ether oxygens (including phenoxy) is 3. The number of nitro benzene ring substituents is 1. The Hall–Kier alpha value is -4.78. The van der Waals surface area contributed by atoms with Gasteiger partial charge in [0.05, 0.1) is 30.4 Å². The van der Waals surface area contributed by atoms with Crippen molar-refractivity contribution >= 4 is 46.0 Å². The van der Waals surface area contributed by atoms with Crippen LogP contribution >= 0.6 is 11.3 Å². The summed E-state index contributed by atoms with van der Waals surface area (Å²) < 4.78 is 16.4. The maximum atomic E-state index is 12.6. The van der Waals surface area contributed by atoms with Crippen LogP contribution in [0.2, 0.25) is 0 Å². The van der Waals surface area contributed by atoms with E-state index >= 15 is 0 Å². The van der Waals surface area contributed by atoms with E-state index in [0.29, 0.717) is 38.8 Å². The van der Waals surface area contributed by atoms with Crippen LogP contribution < -0.4 is 20.2 Å². The number of thiophene rings is 1. The maximum absolute atomic E-state index is 12.6. The molecule has 42 heavy (non-hydrogen) atoms. The lowest BCUT2D eigenvalue weighted by Crippen LogP contribution is -2.32. The summed E-state index contributed by atoms with van der Waals surface area (Å²) in [5.41, 5.74) is 5.12. The average molecular weight is 595 g/mol. The average Bonchev–Trinajstić information content (AvgIpc) is 3.33. The Kier molecular flexibility index (Phi) is 9.86. The number of anilines is 1. The van der Waals surface area contributed by atoms with Crippen molar-refractivity contribution in [1.29, 1.82) is 0 Å². The van der Waals surface area contributed by atoms with E-state index in [1.54, 1.807) is 38.1 Å². The molecule has 1 aromatic heterocycles. The van der Waals surface area contributed by atoms with E-state index in [1.165, 1.54) is 36.8 Å². The number of fused-ring (bicyclic) bond motifs is 1. The number of carbonyl (C=O) groups is 3. The molecule has 0 radical (unpaired) electrons. The van der Waals surface area contributed by atoms with Crippen molar-refractivity contribution in [1.82, 2.24) is 5.43 Å². The third-order valence-electron chi connectivity index (χ3n) is 6.53. The number of rotatable bonds is 10. The summed E-state index contributed by atoms with van der Waals surface area (Å²) in [6.07, 6.45) is 4.82. The number of amides is 2. The monoisotopic (exact) mass is 594 g/mol. The maximum Gasteiger partial charge on any atom is 0.341 e. The smallest absolute Gasteiger partial charge is 0.341 e. The number of hydrazone groups is 1. The lowest BCUT2D eigenvalue weighted by molar-refractivity contribution is -0.385. The zero-order valence-corrected chi connectivity index (χ0v) is 24.2. The molecule has 2 aromatic carbocycles. The summed E-state index contributed by atoms with van der Waals surface area (Å²) in [5.74, 6) is -1.48. The van der Waals surface area contributed by atoms with Crippen LogP contribution in [0, 0.1) is 17.0 Å². The van der Waals surface area contributed by atoms with Gasteiger partial charge >= 0.3 is 17.8 Å². The fourth-order valence-electron chi connectivity index (χ4n) is 4.52. The van der Waals surface area contributed by atoms with Gasteiger partial charge in [0.2, 0.25) is 0 Å². The first-order chi connectivity index (χ1) is 20.2. The van der Waals surface area contributed by atoms with E-state index in [2.05, 4.69) is 15.8 Å². The predicted octanol–water partition coefficient (Wildman–Crippen LogP) is 4.70. The normalized spacial score (nSPS) is 12.4. The molecule has 0 saturated carbocycles. The molecule has 0 fully saturated rings. The number of nitrogens with zero attached hydrogens (tertiary/aromatic N) is 2. The highest BCUT2D eigenvalue weighted by Crippen LogP contribution is 2.38. The number of esters is 1. The SMILES string of the molecule is CCOC(=O)c1c(NC(=O)C(=O)NN=Cc2ccc(OC)c(COc3ccc([N+](=O)[O-])c(C)c3)c2)sc2c1CCCC2. The fourth-order valence-corrected chi connectivity index (χ4v) is 5.80. The minimum atomic E-state index is -1.00. The van der Waals surface area contributed by atoms with E-state index < -0.39 is 22.7 Å². The summed E-state index contributed by atoms with van der Waals surface area (Å²) in [6.45, 7) is 3.63. The zero-order chi connectivity index (χ0) is 30.2. The second-order valence-corrected chi connectivity index (χ2v) is 10.5. The minimum Gasteiger partial charge on any atom is -0.496 e. The van der Waals surface area contributed by atoms with Gasteiger partial charge in [-0.2, -0.15) is 5.10 Å². The van der Waals surface area contributed by atoms with Gasteiger partial charge in [0, 0.05) is 22.1 Å². The summed E-state index contributed by atoms with van der Waals surface area (Å²) in [6, 6.07) is 9.62. The molecule has 3 aromatic rings. The zero-order valence-electron chi connectivity index (χ0n) is 23.4. The van der Waals surface area contributed by atoms with Crippen LogP contribution in [0.1, 0.15) is 57.3 Å². The lowest BCUT2D eigenvalue weighted by atomic mass is 9.95. The third kappa shape index (κ3) is 7.10. The van der Waals surface area contributed by atoms with Gasteiger partial charge in [0.25, 0.3) is 5.69 Å². The molecular weight excluding hydrogens is 564 g/mol. The quantitative estimate of drug-likeness (QED) is 0.112. The molecule has 0 bridgehead atoms. The first kappa shape index (κ1) is 30.2. The Morgan fingerprint density at radius 1 is 1.12 bits per heavy atom. The van der Waals surface area contributed by atoms with Gasteiger partial charge in [0.1, 0.15) is 23.1 Å². The number of nitro groups is 1. The van der Waals surface area contributed by atoms with Gasteiger partial charge in [-0.1, -0.05) is 0 Å². The van der Waals surface area contributed by atoms with Crippen LogP contribution in [0.15, 0.2) is 41.5 Å². The molecule has 12 nitrogen and oxygen atoms in total. The first-order valence-corrected chi connectivity index (χ1v) is 14.0. The fraction of sp³-hybridized carbons (Fsp3) is 0.310. The van der Waals surface area contributed by atoms with E-state index in [9.17, 15) is 24.5 Å². The molecule has 1 aliphatic carbocycles. The first-order valence-electron chi connectivity index (χ1n) is 13.2. The predicted molar refractivity (Wildman–Crippen MR) is 156 cm³/mol. The van der Waals surface area contributed by atoms with Crippen LogP contribution in [0.5, 0.6) is 11.5 Å². The van der Waals surface area contributed by atoms with Crippen molar-refractivity contribution in [3.05, 3.63) is 79.2 Å². The molecule has 1 aliphatic rings. The number of hydrogen-bond acceptors (Lipinski definition) is 10. The molecule has 2 N–H and O–H groups in total. The summed E-state index contributed by atoms with van der Waals surface area (Å²) in [4.78, 5) is 49.3. The van der Waals surface area contributed by atoms with E-state index in [0.717, 1.165) is 36.1 Å². The topological polar surface area (TPSA) is 158 Å². The van der Waals surface area contributed by atoms with Gasteiger partial charge in [-0.15, -0.1) is 11.3 Å². The molecule has 2 amide bonds. The van der Waals surface area contributed by atoms with Crippen molar-refractivity contribution in [3.63, 3.8) is 0 Å². The Balaban J connectivity index is 1.40. The Morgan fingerprint density at radius 2 is 1.90 bits per heavy atom. The summed E-state index contributed by atoms with van der Waals surface area (Å²) in [5, 5.41) is 17.8. The van der Waals surface area contributed by atoms with E-state index in [1.807, 2.05) is 0 Å². The van der Waals surface area contributed by atoms with Gasteiger partial charge in [0.15, 0.2) is 0 Å². The number of methoxy groups -OCH3 is 1. The highest BCUT2D eigenvalue weighted by Gasteiger charge is 2.28. The molecule has 0 saturated heterocycles. The number of hydrogen-bond donors (Lipinski definition) is 2. The molecule has 4 rings (SSSR count). The molecular formula is C29H30N4O8S. The van der Waals surface area contributed by atoms with Crippen molar-refractivity contribution in [3.8, 4) is 11.5 Å². The van der Waals surface area contributed by atoms with Crippen LogP contribution in [0.25, 0.3) is 0 Å². The number of carbonyl (C=O) groups excluding carboxylic acids is 3. The lowest BCUT2D eigenvalue weighted by Gasteiger charge is -2.12. The third-order valence-corrected chi connectivity index (χ3v) is 7.73. The molecule has 13 heteroatoms. The van der Waals surface area contributed by atoms with E-state index in [-0.39, 0.29) is 18.9 Å². The molecule has 0 spiro atoms. The molecule has 1 heterocycles. The van der Waals surface area contributed by atoms with Crippen molar-refractivity contribution in [2.45, 2.75) is 46.1 Å². The second-order valence-electron chi connectivity index (χ2n) is 9.35. The van der Waals surface area contributed by atoms with Gasteiger partial charge in [-0.05, 0) is 81.0 Å². The Morgan fingerprint density at radius 3 is 2.62 bits per heavy atom. The summed E-state index contributed by atoms with van der Waals surface area (Å²) >= 11 is 1.29. The van der Waals surface area contributed by atoms with Crippen molar-refractivity contribution in [2.24, 2.45) is 5.10 Å². The van der Waals surface area contributed by atoms with Gasteiger partial charge < -0.3 is 19.5 Å². The molecule has 0 unspecified atom stereocenters. The molecule has 220 valence electrons. The number of nitrogens with one attached hydrogen (secondary N) is 2. The van der Waals surface area contributed by atoms with Crippen LogP contribution in [-0.2, 0) is 33.8 Å². The van der Waals surface area contributed by atoms with Gasteiger partial charge in [-0.3, -0.25) is 19.7 Å². The highest BCUT2D eigenvalue weighted by molar-refractivity contribution is 7.17. The van der Waals surface area contributed by atoms with Gasteiger partial charge in [-0.25, -0.2) is 10.2 Å². The number of aryl methyl sites for hydroxylation is 2. The minimum absolute atomic E-state index is 0.00261. The highest BCUT2D eigenvalue weighted by atomic mass is 32.1. The Labute approximate surface area is 245 Å². The van der Waals surface area contributed by atoms with E-state index in [4.69, 9.17) is 14.2 Å². The largest absolute Gasteiger partial charge is 0.496 e.